The highest BCUT2D eigenvalue weighted by atomic mass is 32.2. The minimum Gasteiger partial charge on any atom is -0.301 e. The van der Waals surface area contributed by atoms with E-state index in [2.05, 4.69) is 61.9 Å². The number of H-pyrrole nitrogens is 1. The van der Waals surface area contributed by atoms with Crippen LogP contribution in [0.25, 0.3) is 21.3 Å². The number of Topliss-reactive ketones (excluding diaryl/α,β-unsaturated/α-hetero) is 1. The van der Waals surface area contributed by atoms with Crippen LogP contribution in [0.1, 0.15) is 51.5 Å². The summed E-state index contributed by atoms with van der Waals surface area (Å²) < 4.78 is 0. The molecule has 1 N–H and O–H groups in total. The van der Waals surface area contributed by atoms with Crippen molar-refractivity contribution in [2.45, 2.75) is 58.0 Å². The average molecular weight is 415 g/mol. The molecule has 0 aliphatic carbocycles. The van der Waals surface area contributed by atoms with Gasteiger partial charge in [0.05, 0.1) is 5.39 Å². The lowest BCUT2D eigenvalue weighted by atomic mass is 9.86. The molecule has 0 atom stereocenters. The highest BCUT2D eigenvalue weighted by Crippen LogP contribution is 2.37. The van der Waals surface area contributed by atoms with Crippen LogP contribution < -0.4 is 5.56 Å². The molecule has 0 amide bonds. The molecule has 2 aromatic heterocycles. The minimum absolute atomic E-state index is 0.0911. The molecule has 0 fully saturated rings. The Morgan fingerprint density at radius 1 is 1.21 bits per heavy atom. The number of thioether (sulfide) groups is 1. The number of carbonyl (C=O) groups is 1. The molecule has 0 aliphatic rings. The summed E-state index contributed by atoms with van der Waals surface area (Å²) in [5.74, 6) is 0.762. The fourth-order valence-corrected chi connectivity index (χ4v) is 5.18. The van der Waals surface area contributed by atoms with Gasteiger partial charge in [0.2, 0.25) is 0 Å². The molecular weight excluding hydrogens is 388 g/mol. The first-order valence-corrected chi connectivity index (χ1v) is 11.3. The van der Waals surface area contributed by atoms with Gasteiger partial charge < -0.3 is 4.98 Å². The Labute approximate surface area is 173 Å². The molecule has 0 radical (unpaired) electrons. The monoisotopic (exact) mass is 414 g/mol. The van der Waals surface area contributed by atoms with Crippen LogP contribution in [0.15, 0.2) is 34.2 Å². The third-order valence-corrected chi connectivity index (χ3v) is 6.77. The number of rotatable bonds is 6. The standard InChI is InChI=1S/C22H26N2O2S2/c1-6-16-17(14-7-9-15(10-8-14)22(3,4)5)18-19(26)23-21(24-20(18)28-16)27-12-11-13(2)25/h7-10H,6,11-12H2,1-5H3,(H,23,24,26). The fourth-order valence-electron chi connectivity index (χ4n) is 3.09. The number of carbonyl (C=O) groups excluding carboxylic acids is 1. The van der Waals surface area contributed by atoms with Crippen LogP contribution in [-0.2, 0) is 16.6 Å². The van der Waals surface area contributed by atoms with Gasteiger partial charge in [-0.3, -0.25) is 9.59 Å². The van der Waals surface area contributed by atoms with Crippen LogP contribution >= 0.6 is 23.1 Å². The Hall–Kier alpha value is -1.92. The lowest BCUT2D eigenvalue weighted by Crippen LogP contribution is -2.11. The molecule has 3 aromatic rings. The van der Waals surface area contributed by atoms with E-state index in [1.807, 2.05) is 0 Å². The van der Waals surface area contributed by atoms with Crippen molar-refractivity contribution >= 4 is 39.1 Å². The molecule has 0 bridgehead atoms. The first-order valence-electron chi connectivity index (χ1n) is 9.49. The van der Waals surface area contributed by atoms with Crippen LogP contribution in [0.3, 0.4) is 0 Å². The molecule has 0 saturated carbocycles. The summed E-state index contributed by atoms with van der Waals surface area (Å²) >= 11 is 3.01. The molecule has 0 unspecified atom stereocenters. The third-order valence-electron chi connectivity index (χ3n) is 4.67. The number of nitrogens with zero attached hydrogens (tertiary/aromatic N) is 1. The summed E-state index contributed by atoms with van der Waals surface area (Å²) in [5.41, 5.74) is 3.30. The van der Waals surface area contributed by atoms with Gasteiger partial charge in [-0.1, -0.05) is 63.7 Å². The maximum atomic E-state index is 12.9. The van der Waals surface area contributed by atoms with Gasteiger partial charge >= 0.3 is 0 Å². The number of fused-ring (bicyclic) bond motifs is 1. The van der Waals surface area contributed by atoms with Gasteiger partial charge in [0, 0.05) is 22.6 Å². The quantitative estimate of drug-likeness (QED) is 0.422. The molecule has 1 aromatic carbocycles. The number of hydrogen-bond acceptors (Lipinski definition) is 5. The summed E-state index contributed by atoms with van der Waals surface area (Å²) in [4.78, 5) is 33.5. The Bertz CT molecular complexity index is 1060. The molecule has 0 aliphatic heterocycles. The van der Waals surface area contributed by atoms with Crippen LogP contribution in [-0.4, -0.2) is 21.5 Å². The summed E-state index contributed by atoms with van der Waals surface area (Å²) in [5, 5.41) is 1.25. The Kier molecular flexibility index (Phi) is 6.10. The number of benzene rings is 1. The Morgan fingerprint density at radius 2 is 1.89 bits per heavy atom. The number of aromatic nitrogens is 2. The van der Waals surface area contributed by atoms with Gasteiger partial charge in [-0.15, -0.1) is 11.3 Å². The predicted molar refractivity (Wildman–Crippen MR) is 120 cm³/mol. The fraction of sp³-hybridized carbons (Fsp3) is 0.409. The average Bonchev–Trinajstić information content (AvgIpc) is 3.00. The van der Waals surface area contributed by atoms with Crippen molar-refractivity contribution in [1.29, 1.82) is 0 Å². The number of nitrogens with one attached hydrogen (secondary N) is 1. The largest absolute Gasteiger partial charge is 0.301 e. The first kappa shape index (κ1) is 20.8. The zero-order chi connectivity index (χ0) is 20.5. The number of hydrogen-bond donors (Lipinski definition) is 1. The van der Waals surface area contributed by atoms with E-state index >= 15 is 0 Å². The van der Waals surface area contributed by atoms with Gasteiger partial charge in [-0.25, -0.2) is 4.98 Å². The smallest absolute Gasteiger partial charge is 0.260 e. The van der Waals surface area contributed by atoms with Crippen molar-refractivity contribution in [2.75, 3.05) is 5.75 Å². The first-order chi connectivity index (χ1) is 13.2. The predicted octanol–water partition coefficient (Wildman–Crippen LogP) is 5.58. The zero-order valence-electron chi connectivity index (χ0n) is 17.0. The van der Waals surface area contributed by atoms with E-state index < -0.39 is 0 Å². The van der Waals surface area contributed by atoms with Crippen molar-refractivity contribution in [2.24, 2.45) is 0 Å². The Morgan fingerprint density at radius 3 is 2.46 bits per heavy atom. The molecule has 6 heteroatoms. The summed E-state index contributed by atoms with van der Waals surface area (Å²) in [7, 11) is 0. The number of aryl methyl sites for hydroxylation is 1. The van der Waals surface area contributed by atoms with E-state index in [1.165, 1.54) is 22.2 Å². The van der Waals surface area contributed by atoms with Gasteiger partial charge in [0.15, 0.2) is 5.16 Å². The third kappa shape index (κ3) is 4.39. The molecule has 28 heavy (non-hydrogen) atoms. The van der Waals surface area contributed by atoms with Crippen molar-refractivity contribution in [1.82, 2.24) is 9.97 Å². The van der Waals surface area contributed by atoms with E-state index in [4.69, 9.17) is 0 Å². The van der Waals surface area contributed by atoms with E-state index in [1.54, 1.807) is 18.3 Å². The lowest BCUT2D eigenvalue weighted by molar-refractivity contribution is -0.116. The normalized spacial score (nSPS) is 11.9. The van der Waals surface area contributed by atoms with Crippen LogP contribution in [0.2, 0.25) is 0 Å². The van der Waals surface area contributed by atoms with Crippen molar-refractivity contribution < 1.29 is 4.79 Å². The van der Waals surface area contributed by atoms with E-state index in [9.17, 15) is 9.59 Å². The van der Waals surface area contributed by atoms with Crippen molar-refractivity contribution in [3.8, 4) is 11.1 Å². The van der Waals surface area contributed by atoms with E-state index in [-0.39, 0.29) is 16.8 Å². The lowest BCUT2D eigenvalue weighted by Gasteiger charge is -2.19. The van der Waals surface area contributed by atoms with Crippen molar-refractivity contribution in [3.63, 3.8) is 0 Å². The molecule has 3 rings (SSSR count). The minimum atomic E-state index is -0.110. The molecule has 0 saturated heterocycles. The van der Waals surface area contributed by atoms with Gasteiger partial charge in [-0.2, -0.15) is 0 Å². The molecular formula is C22H26N2O2S2. The van der Waals surface area contributed by atoms with Gasteiger partial charge in [0.1, 0.15) is 10.6 Å². The van der Waals surface area contributed by atoms with Crippen LogP contribution in [0.4, 0.5) is 0 Å². The topological polar surface area (TPSA) is 62.8 Å². The second-order valence-corrected chi connectivity index (χ2v) is 10.1. The van der Waals surface area contributed by atoms with Gasteiger partial charge in [-0.05, 0) is 29.9 Å². The molecule has 4 nitrogen and oxygen atoms in total. The highest BCUT2D eigenvalue weighted by molar-refractivity contribution is 7.99. The Balaban J connectivity index is 2.05. The summed E-state index contributed by atoms with van der Waals surface area (Å²) in [6.07, 6.45) is 1.33. The van der Waals surface area contributed by atoms with E-state index in [0.717, 1.165) is 22.4 Å². The number of thiophene rings is 1. The van der Waals surface area contributed by atoms with Crippen LogP contribution in [0.5, 0.6) is 0 Å². The van der Waals surface area contributed by atoms with Gasteiger partial charge in [0.25, 0.3) is 5.56 Å². The molecule has 148 valence electrons. The zero-order valence-corrected chi connectivity index (χ0v) is 18.6. The molecule has 2 heterocycles. The number of ketones is 1. The highest BCUT2D eigenvalue weighted by Gasteiger charge is 2.19. The van der Waals surface area contributed by atoms with Crippen LogP contribution in [0, 0.1) is 0 Å². The second kappa shape index (κ2) is 8.21. The summed E-state index contributed by atoms with van der Waals surface area (Å²) in [6, 6.07) is 8.50. The maximum absolute atomic E-state index is 12.9. The van der Waals surface area contributed by atoms with E-state index in [0.29, 0.717) is 22.7 Å². The maximum Gasteiger partial charge on any atom is 0.260 e. The summed E-state index contributed by atoms with van der Waals surface area (Å²) in [6.45, 7) is 10.3. The van der Waals surface area contributed by atoms with Crippen molar-refractivity contribution in [3.05, 3.63) is 45.1 Å². The second-order valence-electron chi connectivity index (χ2n) is 7.93. The molecule has 0 spiro atoms. The SMILES string of the molecule is CCc1sc2nc(SCCC(C)=O)[nH]c(=O)c2c1-c1ccc(C(C)(C)C)cc1. The number of aromatic amines is 1.